The Balaban J connectivity index is 2.44. The molecule has 0 amide bonds. The van der Waals surface area contributed by atoms with Crippen molar-refractivity contribution in [3.05, 3.63) is 23.7 Å². The number of carbonyl (C=O) groups is 2. The lowest BCUT2D eigenvalue weighted by atomic mass is 10.1. The zero-order valence-corrected chi connectivity index (χ0v) is 8.91. The maximum Gasteiger partial charge on any atom is 0.306 e. The van der Waals surface area contributed by atoms with E-state index in [0.29, 0.717) is 17.9 Å². The molecule has 0 aromatic carbocycles. The molecule has 0 saturated carbocycles. The van der Waals surface area contributed by atoms with E-state index in [2.05, 4.69) is 0 Å². The minimum Gasteiger partial charge on any atom is -0.469 e. The van der Waals surface area contributed by atoms with Gasteiger partial charge in [-0.1, -0.05) is 0 Å². The van der Waals surface area contributed by atoms with Crippen LogP contribution in [-0.2, 0) is 9.53 Å². The van der Waals surface area contributed by atoms with E-state index in [0.717, 1.165) is 0 Å². The van der Waals surface area contributed by atoms with E-state index in [4.69, 9.17) is 9.15 Å². The number of aryl methyl sites for hydroxylation is 1. The molecule has 0 aliphatic rings. The van der Waals surface area contributed by atoms with Gasteiger partial charge < -0.3 is 9.15 Å². The summed E-state index contributed by atoms with van der Waals surface area (Å²) in [5, 5.41) is 0. The Morgan fingerprint density at radius 3 is 2.67 bits per heavy atom. The van der Waals surface area contributed by atoms with Crippen LogP contribution in [0.4, 0.5) is 0 Å². The van der Waals surface area contributed by atoms with Gasteiger partial charge in [-0.15, -0.1) is 0 Å². The molecule has 0 bridgehead atoms. The van der Waals surface area contributed by atoms with Crippen LogP contribution in [0.15, 0.2) is 16.7 Å². The van der Waals surface area contributed by atoms with Gasteiger partial charge in [0.15, 0.2) is 5.78 Å². The summed E-state index contributed by atoms with van der Waals surface area (Å²) in [5.74, 6) is 0.158. The zero-order chi connectivity index (χ0) is 11.3. The average Bonchev–Trinajstić information content (AvgIpc) is 2.61. The minimum absolute atomic E-state index is 0.0886. The largest absolute Gasteiger partial charge is 0.469 e. The molecule has 0 spiro atoms. The van der Waals surface area contributed by atoms with Crippen molar-refractivity contribution >= 4 is 11.8 Å². The van der Waals surface area contributed by atoms with Crippen LogP contribution in [0, 0.1) is 6.92 Å². The molecule has 1 aromatic heterocycles. The number of hydrogen-bond acceptors (Lipinski definition) is 4. The first-order valence-corrected chi connectivity index (χ1v) is 4.88. The molecule has 0 saturated heterocycles. The van der Waals surface area contributed by atoms with Gasteiger partial charge in [0.2, 0.25) is 0 Å². The first-order valence-electron chi connectivity index (χ1n) is 4.88. The van der Waals surface area contributed by atoms with Crippen molar-refractivity contribution in [1.29, 1.82) is 0 Å². The van der Waals surface area contributed by atoms with E-state index >= 15 is 0 Å². The lowest BCUT2D eigenvalue weighted by Gasteiger charge is -2.00. The first-order chi connectivity index (χ1) is 7.15. The Hall–Kier alpha value is -1.58. The molecule has 0 fully saturated rings. The van der Waals surface area contributed by atoms with E-state index in [1.165, 1.54) is 6.26 Å². The predicted molar refractivity (Wildman–Crippen MR) is 53.6 cm³/mol. The summed E-state index contributed by atoms with van der Waals surface area (Å²) in [4.78, 5) is 22.6. The van der Waals surface area contributed by atoms with Gasteiger partial charge in [0.1, 0.15) is 5.76 Å². The standard InChI is InChI=1S/C11H14O4/c1-3-14-11(13)5-4-10(12)9-6-7-15-8(9)2/h6-7H,3-5H2,1-2H3. The summed E-state index contributed by atoms with van der Waals surface area (Å²) in [6.45, 7) is 3.80. The van der Waals surface area contributed by atoms with Gasteiger partial charge in [-0.2, -0.15) is 0 Å². The number of ketones is 1. The molecule has 82 valence electrons. The molecule has 0 N–H and O–H groups in total. The second kappa shape index (κ2) is 5.34. The van der Waals surface area contributed by atoms with E-state index in [1.54, 1.807) is 19.9 Å². The molecule has 1 aromatic rings. The molecule has 15 heavy (non-hydrogen) atoms. The highest BCUT2D eigenvalue weighted by atomic mass is 16.5. The Kier molecular flexibility index (Phi) is 4.09. The molecule has 0 radical (unpaired) electrons. The van der Waals surface area contributed by atoms with Gasteiger partial charge in [-0.25, -0.2) is 0 Å². The van der Waals surface area contributed by atoms with Crippen molar-refractivity contribution in [3.63, 3.8) is 0 Å². The summed E-state index contributed by atoms with van der Waals surface area (Å²) in [7, 11) is 0. The second-order valence-electron chi connectivity index (χ2n) is 3.12. The summed E-state index contributed by atoms with van der Waals surface area (Å²) < 4.78 is 9.73. The third-order valence-corrected chi connectivity index (χ3v) is 2.02. The fourth-order valence-electron chi connectivity index (χ4n) is 1.26. The molecule has 0 unspecified atom stereocenters. The van der Waals surface area contributed by atoms with Gasteiger partial charge in [0.25, 0.3) is 0 Å². The van der Waals surface area contributed by atoms with Crippen LogP contribution in [0.3, 0.4) is 0 Å². The van der Waals surface area contributed by atoms with Crippen molar-refractivity contribution in [2.24, 2.45) is 0 Å². The number of furan rings is 1. The third kappa shape index (κ3) is 3.23. The highest BCUT2D eigenvalue weighted by molar-refractivity contribution is 5.98. The summed E-state index contributed by atoms with van der Waals surface area (Å²) in [6.07, 6.45) is 1.75. The molecule has 1 heterocycles. The van der Waals surface area contributed by atoms with Crippen molar-refractivity contribution in [3.8, 4) is 0 Å². The summed E-state index contributed by atoms with van der Waals surface area (Å²) in [6, 6.07) is 1.61. The fraction of sp³-hybridized carbons (Fsp3) is 0.455. The lowest BCUT2D eigenvalue weighted by molar-refractivity contribution is -0.143. The number of Topliss-reactive ketones (excluding diaryl/α,β-unsaturated/α-hetero) is 1. The molecule has 0 atom stereocenters. The monoisotopic (exact) mass is 210 g/mol. The number of hydrogen-bond donors (Lipinski definition) is 0. The molecule has 4 heteroatoms. The summed E-state index contributed by atoms with van der Waals surface area (Å²) >= 11 is 0. The average molecular weight is 210 g/mol. The van der Waals surface area contributed by atoms with Crippen LogP contribution in [0.1, 0.15) is 35.9 Å². The van der Waals surface area contributed by atoms with E-state index in [1.807, 2.05) is 0 Å². The Morgan fingerprint density at radius 1 is 1.40 bits per heavy atom. The first kappa shape index (κ1) is 11.5. The predicted octanol–water partition coefficient (Wildman–Crippen LogP) is 2.11. The molecular formula is C11H14O4. The van der Waals surface area contributed by atoms with Crippen LogP contribution in [0.2, 0.25) is 0 Å². The topological polar surface area (TPSA) is 56.5 Å². The van der Waals surface area contributed by atoms with Crippen molar-refractivity contribution in [2.75, 3.05) is 6.61 Å². The van der Waals surface area contributed by atoms with Gasteiger partial charge in [0.05, 0.1) is 24.9 Å². The Morgan fingerprint density at radius 2 is 2.13 bits per heavy atom. The van der Waals surface area contributed by atoms with Crippen molar-refractivity contribution < 1.29 is 18.7 Å². The van der Waals surface area contributed by atoms with Crippen LogP contribution in [0.5, 0.6) is 0 Å². The highest BCUT2D eigenvalue weighted by Crippen LogP contribution is 2.12. The van der Waals surface area contributed by atoms with Crippen LogP contribution in [-0.4, -0.2) is 18.4 Å². The Bertz CT molecular complexity index is 351. The van der Waals surface area contributed by atoms with E-state index in [9.17, 15) is 9.59 Å². The Labute approximate surface area is 88.2 Å². The number of esters is 1. The summed E-state index contributed by atoms with van der Waals surface area (Å²) in [5.41, 5.74) is 0.541. The molecule has 1 rings (SSSR count). The molecule has 0 aliphatic heterocycles. The number of rotatable bonds is 5. The van der Waals surface area contributed by atoms with Crippen LogP contribution in [0.25, 0.3) is 0 Å². The van der Waals surface area contributed by atoms with Gasteiger partial charge >= 0.3 is 5.97 Å². The maximum absolute atomic E-state index is 11.6. The third-order valence-electron chi connectivity index (χ3n) is 2.02. The highest BCUT2D eigenvalue weighted by Gasteiger charge is 2.13. The quantitative estimate of drug-likeness (QED) is 0.551. The normalized spacial score (nSPS) is 10.0. The zero-order valence-electron chi connectivity index (χ0n) is 8.91. The SMILES string of the molecule is CCOC(=O)CCC(=O)c1ccoc1C. The minimum atomic E-state index is -0.341. The van der Waals surface area contributed by atoms with Gasteiger partial charge in [-0.3, -0.25) is 9.59 Å². The molecule has 4 nitrogen and oxygen atoms in total. The fourth-order valence-corrected chi connectivity index (χ4v) is 1.26. The second-order valence-corrected chi connectivity index (χ2v) is 3.12. The van der Waals surface area contributed by atoms with Crippen molar-refractivity contribution in [1.82, 2.24) is 0 Å². The van der Waals surface area contributed by atoms with Crippen LogP contribution < -0.4 is 0 Å². The van der Waals surface area contributed by atoms with Gasteiger partial charge in [0, 0.05) is 6.42 Å². The number of carbonyl (C=O) groups excluding carboxylic acids is 2. The maximum atomic E-state index is 11.6. The van der Waals surface area contributed by atoms with Crippen molar-refractivity contribution in [2.45, 2.75) is 26.7 Å². The lowest BCUT2D eigenvalue weighted by Crippen LogP contribution is -2.08. The smallest absolute Gasteiger partial charge is 0.306 e. The van der Waals surface area contributed by atoms with Gasteiger partial charge in [-0.05, 0) is 19.9 Å². The number of ether oxygens (including phenoxy) is 1. The van der Waals surface area contributed by atoms with E-state index in [-0.39, 0.29) is 24.6 Å². The molecule has 0 aliphatic carbocycles. The van der Waals surface area contributed by atoms with E-state index < -0.39 is 0 Å². The van der Waals surface area contributed by atoms with Crippen LogP contribution >= 0.6 is 0 Å². The molecular weight excluding hydrogens is 196 g/mol.